The Balaban J connectivity index is 2.29. The number of carbonyl (C=O) groups is 1. The molecule has 1 N–H and O–H groups in total. The minimum atomic E-state index is -0.923. The largest absolute Gasteiger partial charge is 0.478 e. The summed E-state index contributed by atoms with van der Waals surface area (Å²) in [6, 6.07) is 5.33. The number of rotatable bonds is 3. The molecule has 82 valence electrons. The number of hydrogen-bond donors (Lipinski definition) is 1. The third-order valence-corrected chi connectivity index (χ3v) is 3.57. The number of hydrogen-bond acceptors (Lipinski definition) is 3. The molecule has 0 fully saturated rings. The molecule has 0 aliphatic carbocycles. The van der Waals surface area contributed by atoms with Gasteiger partial charge < -0.3 is 5.11 Å². The van der Waals surface area contributed by atoms with Gasteiger partial charge in [-0.15, -0.1) is 11.3 Å². The van der Waals surface area contributed by atoms with Gasteiger partial charge >= 0.3 is 5.97 Å². The monoisotopic (exact) mass is 297 g/mol. The summed E-state index contributed by atoms with van der Waals surface area (Å²) >= 11 is 4.78. The quantitative estimate of drug-likeness (QED) is 0.946. The number of benzene rings is 1. The standard InChI is InChI=1S/C11H8BrNO2S/c12-9-2-1-7(5-8(9)11(14)15)6-10-13-3-4-16-10/h1-5H,6H2,(H,14,15). The Morgan fingerprint density at radius 3 is 2.94 bits per heavy atom. The van der Waals surface area contributed by atoms with Crippen LogP contribution in [0, 0.1) is 0 Å². The van der Waals surface area contributed by atoms with Gasteiger partial charge in [-0.2, -0.15) is 0 Å². The molecule has 0 aliphatic heterocycles. The average Bonchev–Trinajstić information content (AvgIpc) is 2.73. The minimum Gasteiger partial charge on any atom is -0.478 e. The van der Waals surface area contributed by atoms with Crippen molar-refractivity contribution < 1.29 is 9.90 Å². The molecule has 0 amide bonds. The molecule has 2 rings (SSSR count). The predicted octanol–water partition coefficient (Wildman–Crippen LogP) is 3.19. The molecule has 0 bridgehead atoms. The number of thiazole rings is 1. The Hall–Kier alpha value is -1.20. The van der Waals surface area contributed by atoms with Crippen molar-refractivity contribution in [1.29, 1.82) is 0 Å². The molecular formula is C11H8BrNO2S. The highest BCUT2D eigenvalue weighted by molar-refractivity contribution is 9.10. The van der Waals surface area contributed by atoms with Crippen LogP contribution in [-0.4, -0.2) is 16.1 Å². The first-order chi connectivity index (χ1) is 7.66. The van der Waals surface area contributed by atoms with Gasteiger partial charge in [-0.05, 0) is 33.6 Å². The van der Waals surface area contributed by atoms with Crippen LogP contribution in [0.5, 0.6) is 0 Å². The molecule has 0 saturated carbocycles. The highest BCUT2D eigenvalue weighted by Crippen LogP contribution is 2.20. The van der Waals surface area contributed by atoms with Crippen LogP contribution in [0.2, 0.25) is 0 Å². The summed E-state index contributed by atoms with van der Waals surface area (Å²) in [5, 5.41) is 11.9. The van der Waals surface area contributed by atoms with Crippen LogP contribution < -0.4 is 0 Å². The minimum absolute atomic E-state index is 0.286. The first-order valence-electron chi connectivity index (χ1n) is 4.57. The van der Waals surface area contributed by atoms with E-state index in [1.54, 1.807) is 29.7 Å². The van der Waals surface area contributed by atoms with Crippen LogP contribution in [0.4, 0.5) is 0 Å². The van der Waals surface area contributed by atoms with E-state index in [2.05, 4.69) is 20.9 Å². The summed E-state index contributed by atoms with van der Waals surface area (Å²) in [4.78, 5) is 15.1. The molecule has 0 unspecified atom stereocenters. The van der Waals surface area contributed by atoms with Crippen molar-refractivity contribution in [3.63, 3.8) is 0 Å². The van der Waals surface area contributed by atoms with Crippen LogP contribution in [0.15, 0.2) is 34.2 Å². The van der Waals surface area contributed by atoms with Crippen molar-refractivity contribution in [3.8, 4) is 0 Å². The Morgan fingerprint density at radius 2 is 2.31 bits per heavy atom. The lowest BCUT2D eigenvalue weighted by Gasteiger charge is -2.02. The van der Waals surface area contributed by atoms with Gasteiger partial charge in [0.2, 0.25) is 0 Å². The maximum absolute atomic E-state index is 10.9. The van der Waals surface area contributed by atoms with Crippen LogP contribution in [0.1, 0.15) is 20.9 Å². The van der Waals surface area contributed by atoms with E-state index in [9.17, 15) is 4.79 Å². The molecule has 0 atom stereocenters. The smallest absolute Gasteiger partial charge is 0.336 e. The molecule has 5 heteroatoms. The molecule has 2 aromatic rings. The van der Waals surface area contributed by atoms with Crippen molar-refractivity contribution in [3.05, 3.63) is 50.4 Å². The predicted molar refractivity (Wildman–Crippen MR) is 66.0 cm³/mol. The number of halogens is 1. The van der Waals surface area contributed by atoms with Crippen LogP contribution in [-0.2, 0) is 6.42 Å². The maximum atomic E-state index is 10.9. The first-order valence-corrected chi connectivity index (χ1v) is 6.24. The fourth-order valence-corrected chi connectivity index (χ4v) is 2.43. The van der Waals surface area contributed by atoms with Crippen molar-refractivity contribution in [2.75, 3.05) is 0 Å². The SMILES string of the molecule is O=C(O)c1cc(Cc2nccs2)ccc1Br. The van der Waals surface area contributed by atoms with E-state index < -0.39 is 5.97 Å². The highest BCUT2D eigenvalue weighted by Gasteiger charge is 2.09. The summed E-state index contributed by atoms with van der Waals surface area (Å²) < 4.78 is 0.600. The fraction of sp³-hybridized carbons (Fsp3) is 0.0909. The number of nitrogens with zero attached hydrogens (tertiary/aromatic N) is 1. The lowest BCUT2D eigenvalue weighted by atomic mass is 10.1. The second kappa shape index (κ2) is 4.76. The fourth-order valence-electron chi connectivity index (χ4n) is 1.36. The Kier molecular flexibility index (Phi) is 3.36. The lowest BCUT2D eigenvalue weighted by Crippen LogP contribution is -1.99. The molecule has 1 heterocycles. The van der Waals surface area contributed by atoms with E-state index in [0.717, 1.165) is 10.6 Å². The highest BCUT2D eigenvalue weighted by atomic mass is 79.9. The van der Waals surface area contributed by atoms with E-state index >= 15 is 0 Å². The van der Waals surface area contributed by atoms with Gasteiger partial charge in [-0.1, -0.05) is 6.07 Å². The van der Waals surface area contributed by atoms with Gasteiger partial charge in [0.25, 0.3) is 0 Å². The number of aromatic nitrogens is 1. The third kappa shape index (κ3) is 2.48. The second-order valence-corrected chi connectivity index (χ2v) is 5.06. The topological polar surface area (TPSA) is 50.2 Å². The Morgan fingerprint density at radius 1 is 1.50 bits per heavy atom. The molecule has 0 radical (unpaired) electrons. The number of carboxylic acid groups (broad SMARTS) is 1. The zero-order valence-corrected chi connectivity index (χ0v) is 10.6. The van der Waals surface area contributed by atoms with Crippen molar-refractivity contribution in [2.24, 2.45) is 0 Å². The van der Waals surface area contributed by atoms with E-state index in [0.29, 0.717) is 10.9 Å². The van der Waals surface area contributed by atoms with Crippen molar-refractivity contribution in [1.82, 2.24) is 4.98 Å². The molecule has 1 aromatic heterocycles. The summed E-state index contributed by atoms with van der Waals surface area (Å²) in [5.41, 5.74) is 1.24. The summed E-state index contributed by atoms with van der Waals surface area (Å²) in [6.45, 7) is 0. The van der Waals surface area contributed by atoms with E-state index in [1.807, 2.05) is 11.4 Å². The second-order valence-electron chi connectivity index (χ2n) is 3.22. The molecule has 0 spiro atoms. The zero-order valence-electron chi connectivity index (χ0n) is 8.18. The van der Waals surface area contributed by atoms with E-state index in [4.69, 9.17) is 5.11 Å². The Bertz CT molecular complexity index is 511. The summed E-state index contributed by atoms with van der Waals surface area (Å²) in [6.07, 6.45) is 2.42. The average molecular weight is 298 g/mol. The molecule has 1 aromatic carbocycles. The van der Waals surface area contributed by atoms with Crippen molar-refractivity contribution in [2.45, 2.75) is 6.42 Å². The van der Waals surface area contributed by atoms with Crippen LogP contribution in [0.25, 0.3) is 0 Å². The van der Waals surface area contributed by atoms with E-state index in [-0.39, 0.29) is 5.56 Å². The zero-order chi connectivity index (χ0) is 11.5. The maximum Gasteiger partial charge on any atom is 0.336 e. The van der Waals surface area contributed by atoms with Crippen LogP contribution >= 0.6 is 27.3 Å². The number of aromatic carboxylic acids is 1. The first kappa shape index (κ1) is 11.3. The molecule has 0 saturated heterocycles. The molecule has 0 aliphatic rings. The van der Waals surface area contributed by atoms with Crippen LogP contribution in [0.3, 0.4) is 0 Å². The summed E-state index contributed by atoms with van der Waals surface area (Å²) in [7, 11) is 0. The van der Waals surface area contributed by atoms with Gasteiger partial charge in [0.15, 0.2) is 0 Å². The summed E-state index contributed by atoms with van der Waals surface area (Å²) in [5.74, 6) is -0.923. The van der Waals surface area contributed by atoms with Gasteiger partial charge in [-0.25, -0.2) is 9.78 Å². The van der Waals surface area contributed by atoms with Gasteiger partial charge in [0.05, 0.1) is 10.6 Å². The molecular weight excluding hydrogens is 290 g/mol. The molecule has 16 heavy (non-hydrogen) atoms. The third-order valence-electron chi connectivity index (χ3n) is 2.10. The lowest BCUT2D eigenvalue weighted by molar-refractivity contribution is 0.0696. The number of carboxylic acids is 1. The van der Waals surface area contributed by atoms with E-state index in [1.165, 1.54) is 0 Å². The van der Waals surface area contributed by atoms with Crippen molar-refractivity contribution >= 4 is 33.2 Å². The van der Waals surface area contributed by atoms with Gasteiger partial charge in [0.1, 0.15) is 0 Å². The molecule has 3 nitrogen and oxygen atoms in total. The Labute approximate surface area is 105 Å². The van der Waals surface area contributed by atoms with Gasteiger partial charge in [0, 0.05) is 22.5 Å². The van der Waals surface area contributed by atoms with Gasteiger partial charge in [-0.3, -0.25) is 0 Å². The normalized spacial score (nSPS) is 10.3.